The van der Waals surface area contributed by atoms with Gasteiger partial charge in [-0.2, -0.15) is 0 Å². The van der Waals surface area contributed by atoms with Gasteiger partial charge >= 0.3 is 0 Å². The minimum absolute atomic E-state index is 0.315. The number of thiazole rings is 1. The summed E-state index contributed by atoms with van der Waals surface area (Å²) < 4.78 is 0. The number of hydrogen-bond acceptors (Lipinski definition) is 5. The third-order valence-corrected chi connectivity index (χ3v) is 4.34. The molecular weight excluding hydrogens is 248 g/mol. The van der Waals surface area contributed by atoms with Gasteiger partial charge in [0.2, 0.25) is 0 Å². The van der Waals surface area contributed by atoms with Crippen molar-refractivity contribution in [1.29, 1.82) is 0 Å². The first-order chi connectivity index (χ1) is 8.69. The van der Waals surface area contributed by atoms with Gasteiger partial charge < -0.3 is 4.90 Å². The molecule has 0 unspecified atom stereocenters. The Labute approximate surface area is 111 Å². The Kier molecular flexibility index (Phi) is 4.68. The molecule has 1 aromatic heterocycles. The molecular formula is C12H20N4OS. The lowest BCUT2D eigenvalue weighted by Gasteiger charge is -2.29. The Bertz CT molecular complexity index is 399. The lowest BCUT2D eigenvalue weighted by atomic mass is 9.99. The van der Waals surface area contributed by atoms with E-state index in [1.54, 1.807) is 5.38 Å². The molecule has 3 N–H and O–H groups in total. The smallest absolute Gasteiger partial charge is 0.284 e. The second-order valence-electron chi connectivity index (χ2n) is 4.87. The van der Waals surface area contributed by atoms with Gasteiger partial charge in [-0.3, -0.25) is 10.2 Å². The number of amides is 1. The van der Waals surface area contributed by atoms with Crippen molar-refractivity contribution in [3.05, 3.63) is 16.1 Å². The molecule has 1 aliphatic heterocycles. The summed E-state index contributed by atoms with van der Waals surface area (Å²) in [6.45, 7) is 5.71. The molecule has 2 heterocycles. The van der Waals surface area contributed by atoms with Crippen LogP contribution in [0.25, 0.3) is 0 Å². The first-order valence-electron chi connectivity index (χ1n) is 6.36. The molecule has 6 heteroatoms. The maximum atomic E-state index is 11.3. The minimum Gasteiger partial charge on any atom is -0.303 e. The summed E-state index contributed by atoms with van der Waals surface area (Å²) >= 11 is 1.53. The zero-order valence-electron chi connectivity index (χ0n) is 10.7. The molecule has 0 bridgehead atoms. The largest absolute Gasteiger partial charge is 0.303 e. The third kappa shape index (κ3) is 3.51. The third-order valence-electron chi connectivity index (χ3n) is 3.43. The van der Waals surface area contributed by atoms with E-state index in [0.717, 1.165) is 23.9 Å². The number of carbonyl (C=O) groups excluding carboxylic acids is 1. The van der Waals surface area contributed by atoms with Crippen LogP contribution in [0.2, 0.25) is 0 Å². The number of nitrogen functional groups attached to an aromatic ring is 1. The van der Waals surface area contributed by atoms with Gasteiger partial charge in [0.15, 0.2) is 0 Å². The molecule has 18 heavy (non-hydrogen) atoms. The number of rotatable bonds is 4. The van der Waals surface area contributed by atoms with Crippen LogP contribution in [-0.2, 0) is 6.42 Å². The monoisotopic (exact) mass is 268 g/mol. The Morgan fingerprint density at radius 3 is 3.00 bits per heavy atom. The zero-order chi connectivity index (χ0) is 13.0. The molecule has 0 spiro atoms. The van der Waals surface area contributed by atoms with Crippen molar-refractivity contribution >= 4 is 17.2 Å². The maximum Gasteiger partial charge on any atom is 0.284 e. The average molecular weight is 268 g/mol. The molecule has 0 saturated carbocycles. The maximum absolute atomic E-state index is 11.3. The number of nitrogens with one attached hydrogen (secondary N) is 1. The summed E-state index contributed by atoms with van der Waals surface area (Å²) in [4.78, 5) is 18.0. The summed E-state index contributed by atoms with van der Waals surface area (Å²) in [5.74, 6) is 5.62. The molecule has 100 valence electrons. The van der Waals surface area contributed by atoms with Gasteiger partial charge in [-0.25, -0.2) is 10.8 Å². The van der Waals surface area contributed by atoms with Crippen molar-refractivity contribution in [2.75, 3.05) is 19.6 Å². The second-order valence-corrected chi connectivity index (χ2v) is 5.82. The molecule has 1 fully saturated rings. The highest BCUT2D eigenvalue weighted by Crippen LogP contribution is 2.17. The lowest BCUT2D eigenvalue weighted by molar-refractivity contribution is 0.0949. The van der Waals surface area contributed by atoms with Crippen LogP contribution in [-0.4, -0.2) is 35.4 Å². The van der Waals surface area contributed by atoms with Gasteiger partial charge in [-0.1, -0.05) is 6.92 Å². The van der Waals surface area contributed by atoms with Crippen LogP contribution in [0.3, 0.4) is 0 Å². The van der Waals surface area contributed by atoms with E-state index in [1.807, 2.05) is 0 Å². The highest BCUT2D eigenvalue weighted by molar-refractivity contribution is 7.09. The Morgan fingerprint density at radius 1 is 1.61 bits per heavy atom. The van der Waals surface area contributed by atoms with E-state index >= 15 is 0 Å². The fourth-order valence-corrected chi connectivity index (χ4v) is 2.91. The Hall–Kier alpha value is -0.980. The number of aromatic nitrogens is 1. The SMILES string of the molecule is CC1CCN(CCc2nc(C(=O)NN)cs2)CC1. The molecule has 0 aromatic carbocycles. The first-order valence-corrected chi connectivity index (χ1v) is 7.24. The summed E-state index contributed by atoms with van der Waals surface area (Å²) in [6, 6.07) is 0. The van der Waals surface area contributed by atoms with Crippen molar-refractivity contribution in [1.82, 2.24) is 15.3 Å². The predicted octanol–water partition coefficient (Wildman–Crippen LogP) is 1.02. The summed E-state index contributed by atoms with van der Waals surface area (Å²) in [6.07, 6.45) is 3.49. The molecule has 1 aromatic rings. The lowest BCUT2D eigenvalue weighted by Crippen LogP contribution is -2.34. The summed E-state index contributed by atoms with van der Waals surface area (Å²) in [7, 11) is 0. The number of nitrogens with zero attached hydrogens (tertiary/aromatic N) is 2. The molecule has 0 aliphatic carbocycles. The predicted molar refractivity (Wildman–Crippen MR) is 72.3 cm³/mol. The molecule has 1 aliphatic rings. The van der Waals surface area contributed by atoms with Crippen molar-refractivity contribution in [2.24, 2.45) is 11.8 Å². The summed E-state index contributed by atoms with van der Waals surface area (Å²) in [5.41, 5.74) is 2.52. The molecule has 2 rings (SSSR count). The number of nitrogens with two attached hydrogens (primary N) is 1. The van der Waals surface area contributed by atoms with E-state index in [1.165, 1.54) is 37.3 Å². The van der Waals surface area contributed by atoms with Crippen molar-refractivity contribution < 1.29 is 4.79 Å². The topological polar surface area (TPSA) is 71.2 Å². The van der Waals surface area contributed by atoms with Crippen LogP contribution in [0.5, 0.6) is 0 Å². The molecule has 5 nitrogen and oxygen atoms in total. The summed E-state index contributed by atoms with van der Waals surface area (Å²) in [5, 5.41) is 2.77. The Morgan fingerprint density at radius 2 is 2.33 bits per heavy atom. The van der Waals surface area contributed by atoms with Gasteiger partial charge in [-0.15, -0.1) is 11.3 Å². The standard InChI is InChI=1S/C12H20N4OS/c1-9-2-5-16(6-3-9)7-4-11-14-10(8-18-11)12(17)15-13/h8-9H,2-7,13H2,1H3,(H,15,17). The fraction of sp³-hybridized carbons (Fsp3) is 0.667. The average Bonchev–Trinajstić information content (AvgIpc) is 2.86. The number of hydrogen-bond donors (Lipinski definition) is 2. The van der Waals surface area contributed by atoms with Gasteiger partial charge in [0.25, 0.3) is 5.91 Å². The highest BCUT2D eigenvalue weighted by Gasteiger charge is 2.16. The van der Waals surface area contributed by atoms with E-state index < -0.39 is 0 Å². The van der Waals surface area contributed by atoms with Crippen molar-refractivity contribution in [3.8, 4) is 0 Å². The van der Waals surface area contributed by atoms with E-state index in [-0.39, 0.29) is 5.91 Å². The highest BCUT2D eigenvalue weighted by atomic mass is 32.1. The van der Waals surface area contributed by atoms with E-state index in [4.69, 9.17) is 5.84 Å². The van der Waals surface area contributed by atoms with Crippen LogP contribution in [0.1, 0.15) is 35.3 Å². The van der Waals surface area contributed by atoms with Crippen LogP contribution >= 0.6 is 11.3 Å². The van der Waals surface area contributed by atoms with Crippen LogP contribution < -0.4 is 11.3 Å². The van der Waals surface area contributed by atoms with Crippen molar-refractivity contribution in [2.45, 2.75) is 26.2 Å². The van der Waals surface area contributed by atoms with Gasteiger partial charge in [0.05, 0.1) is 5.01 Å². The second kappa shape index (κ2) is 6.26. The van der Waals surface area contributed by atoms with Crippen LogP contribution in [0.15, 0.2) is 5.38 Å². The number of likely N-dealkylation sites (tertiary alicyclic amines) is 1. The molecule has 1 amide bonds. The zero-order valence-corrected chi connectivity index (χ0v) is 11.5. The molecule has 1 saturated heterocycles. The number of piperidine rings is 1. The quantitative estimate of drug-likeness (QED) is 0.486. The van der Waals surface area contributed by atoms with E-state index in [0.29, 0.717) is 5.69 Å². The Balaban J connectivity index is 1.79. The molecule has 0 radical (unpaired) electrons. The van der Waals surface area contributed by atoms with Crippen LogP contribution in [0, 0.1) is 5.92 Å². The van der Waals surface area contributed by atoms with Crippen LogP contribution in [0.4, 0.5) is 0 Å². The first kappa shape index (κ1) is 13.5. The molecule has 0 atom stereocenters. The normalized spacial score (nSPS) is 17.9. The fourth-order valence-electron chi connectivity index (χ4n) is 2.14. The number of carbonyl (C=O) groups is 1. The number of hydrazine groups is 1. The van der Waals surface area contributed by atoms with Gasteiger partial charge in [0.1, 0.15) is 5.69 Å². The van der Waals surface area contributed by atoms with Gasteiger partial charge in [0, 0.05) is 18.3 Å². The minimum atomic E-state index is -0.315. The van der Waals surface area contributed by atoms with E-state index in [2.05, 4.69) is 22.2 Å². The van der Waals surface area contributed by atoms with Crippen molar-refractivity contribution in [3.63, 3.8) is 0 Å². The van der Waals surface area contributed by atoms with Gasteiger partial charge in [-0.05, 0) is 31.8 Å². The van der Waals surface area contributed by atoms with E-state index in [9.17, 15) is 4.79 Å².